The van der Waals surface area contributed by atoms with Crippen LogP contribution in [-0.4, -0.2) is 18.9 Å². The molecule has 0 fully saturated rings. The minimum Gasteiger partial charge on any atom is -0.398 e. The van der Waals surface area contributed by atoms with Crippen molar-refractivity contribution in [2.75, 3.05) is 23.7 Å². The van der Waals surface area contributed by atoms with Crippen LogP contribution in [0.25, 0.3) is 0 Å². The Morgan fingerprint density at radius 1 is 1.24 bits per heavy atom. The number of fused-ring (bicyclic) bond motifs is 1. The number of nitrogens with zero attached hydrogens (tertiary/aromatic N) is 1. The van der Waals surface area contributed by atoms with Crippen molar-refractivity contribution in [1.82, 2.24) is 0 Å². The zero-order valence-electron chi connectivity index (χ0n) is 12.3. The minimum atomic E-state index is 0.00419. The molecular formula is C18H20N2O. The molecule has 0 unspecified atom stereocenters. The second-order valence-electron chi connectivity index (χ2n) is 5.44. The lowest BCUT2D eigenvalue weighted by atomic mass is 9.95. The zero-order chi connectivity index (χ0) is 14.8. The Morgan fingerprint density at radius 2 is 2.05 bits per heavy atom. The van der Waals surface area contributed by atoms with E-state index < -0.39 is 0 Å². The minimum absolute atomic E-state index is 0.00419. The van der Waals surface area contributed by atoms with E-state index in [0.717, 1.165) is 31.5 Å². The summed E-state index contributed by atoms with van der Waals surface area (Å²) in [5, 5.41) is 0. The quantitative estimate of drug-likeness (QED) is 0.693. The van der Waals surface area contributed by atoms with Crippen LogP contribution in [0.2, 0.25) is 0 Å². The van der Waals surface area contributed by atoms with Crippen molar-refractivity contribution in [2.45, 2.75) is 19.8 Å². The van der Waals surface area contributed by atoms with E-state index >= 15 is 0 Å². The van der Waals surface area contributed by atoms with Crippen molar-refractivity contribution in [1.29, 1.82) is 0 Å². The van der Waals surface area contributed by atoms with E-state index in [9.17, 15) is 4.79 Å². The van der Waals surface area contributed by atoms with Crippen molar-refractivity contribution in [3.63, 3.8) is 0 Å². The first kappa shape index (κ1) is 13.7. The Morgan fingerprint density at radius 3 is 2.81 bits per heavy atom. The summed E-state index contributed by atoms with van der Waals surface area (Å²) in [7, 11) is 0. The third kappa shape index (κ3) is 2.51. The lowest BCUT2D eigenvalue weighted by molar-refractivity contribution is 0.103. The van der Waals surface area contributed by atoms with E-state index in [-0.39, 0.29) is 5.78 Å². The van der Waals surface area contributed by atoms with Gasteiger partial charge in [0.25, 0.3) is 0 Å². The van der Waals surface area contributed by atoms with E-state index in [1.807, 2.05) is 24.3 Å². The fourth-order valence-electron chi connectivity index (χ4n) is 3.00. The molecule has 21 heavy (non-hydrogen) atoms. The van der Waals surface area contributed by atoms with Gasteiger partial charge in [-0.05, 0) is 55.7 Å². The predicted molar refractivity (Wildman–Crippen MR) is 86.9 cm³/mol. The Balaban J connectivity index is 1.97. The molecule has 0 saturated heterocycles. The smallest absolute Gasteiger partial charge is 0.195 e. The molecule has 0 bridgehead atoms. The van der Waals surface area contributed by atoms with Crippen LogP contribution in [0.4, 0.5) is 11.4 Å². The van der Waals surface area contributed by atoms with Gasteiger partial charge < -0.3 is 10.6 Å². The molecule has 0 amide bonds. The van der Waals surface area contributed by atoms with Crippen LogP contribution in [0.3, 0.4) is 0 Å². The van der Waals surface area contributed by atoms with Gasteiger partial charge in [0.1, 0.15) is 0 Å². The van der Waals surface area contributed by atoms with E-state index in [2.05, 4.69) is 17.9 Å². The first-order valence-electron chi connectivity index (χ1n) is 7.47. The molecule has 3 rings (SSSR count). The molecule has 0 spiro atoms. The molecule has 1 aliphatic heterocycles. The fourth-order valence-corrected chi connectivity index (χ4v) is 3.00. The van der Waals surface area contributed by atoms with Gasteiger partial charge in [0.2, 0.25) is 0 Å². The lowest BCUT2D eigenvalue weighted by Gasteiger charge is -2.30. The standard InChI is InChI=1S/C18H20N2O/c1-2-20-11-5-6-13-12-14(9-10-17(13)20)18(21)15-7-3-4-8-16(15)19/h3-4,7-10,12H,2,5-6,11,19H2,1H3. The molecule has 0 saturated carbocycles. The van der Waals surface area contributed by atoms with Crippen molar-refractivity contribution >= 4 is 17.2 Å². The number of carbonyl (C=O) groups is 1. The van der Waals surface area contributed by atoms with Crippen molar-refractivity contribution in [3.8, 4) is 0 Å². The van der Waals surface area contributed by atoms with Crippen LogP contribution in [0.5, 0.6) is 0 Å². The maximum absolute atomic E-state index is 12.6. The molecule has 2 N–H and O–H groups in total. The molecule has 1 heterocycles. The molecule has 2 aromatic carbocycles. The third-order valence-corrected chi connectivity index (χ3v) is 4.14. The maximum Gasteiger partial charge on any atom is 0.195 e. The van der Waals surface area contributed by atoms with Crippen LogP contribution in [0, 0.1) is 0 Å². The second-order valence-corrected chi connectivity index (χ2v) is 5.44. The van der Waals surface area contributed by atoms with Gasteiger partial charge in [-0.1, -0.05) is 12.1 Å². The SMILES string of the molecule is CCN1CCCc2cc(C(=O)c3ccccc3N)ccc21. The van der Waals surface area contributed by atoms with Crippen molar-refractivity contribution in [2.24, 2.45) is 0 Å². The van der Waals surface area contributed by atoms with Gasteiger partial charge in [0.05, 0.1) is 0 Å². The average Bonchev–Trinajstić information content (AvgIpc) is 2.53. The Kier molecular flexibility index (Phi) is 3.65. The highest BCUT2D eigenvalue weighted by molar-refractivity contribution is 6.12. The van der Waals surface area contributed by atoms with Gasteiger partial charge in [-0.25, -0.2) is 0 Å². The van der Waals surface area contributed by atoms with Gasteiger partial charge in [-0.3, -0.25) is 4.79 Å². The lowest BCUT2D eigenvalue weighted by Crippen LogP contribution is -2.29. The average molecular weight is 280 g/mol. The normalized spacial score (nSPS) is 13.9. The van der Waals surface area contributed by atoms with E-state index in [0.29, 0.717) is 11.3 Å². The Hall–Kier alpha value is -2.29. The maximum atomic E-state index is 12.6. The fraction of sp³-hybridized carbons (Fsp3) is 0.278. The second kappa shape index (κ2) is 5.60. The molecule has 108 valence electrons. The van der Waals surface area contributed by atoms with Crippen LogP contribution in [-0.2, 0) is 6.42 Å². The van der Waals surface area contributed by atoms with Gasteiger partial charge >= 0.3 is 0 Å². The summed E-state index contributed by atoms with van der Waals surface area (Å²) in [5.41, 5.74) is 10.3. The number of nitrogens with two attached hydrogens (primary N) is 1. The molecule has 0 aromatic heterocycles. The highest BCUT2D eigenvalue weighted by Gasteiger charge is 2.18. The van der Waals surface area contributed by atoms with Crippen molar-refractivity contribution in [3.05, 3.63) is 59.2 Å². The van der Waals surface area contributed by atoms with Gasteiger partial charge in [-0.15, -0.1) is 0 Å². The molecule has 3 heteroatoms. The molecule has 0 aliphatic carbocycles. The summed E-state index contributed by atoms with van der Waals surface area (Å²) < 4.78 is 0. The summed E-state index contributed by atoms with van der Waals surface area (Å²) in [6, 6.07) is 13.3. The Labute approximate surface area is 125 Å². The number of benzene rings is 2. The topological polar surface area (TPSA) is 46.3 Å². The van der Waals surface area contributed by atoms with Crippen molar-refractivity contribution < 1.29 is 4.79 Å². The number of aryl methyl sites for hydroxylation is 1. The van der Waals surface area contributed by atoms with Gasteiger partial charge in [0.15, 0.2) is 5.78 Å². The number of ketones is 1. The number of hydrogen-bond acceptors (Lipinski definition) is 3. The number of rotatable bonds is 3. The molecule has 1 aliphatic rings. The third-order valence-electron chi connectivity index (χ3n) is 4.14. The predicted octanol–water partition coefficient (Wildman–Crippen LogP) is 3.27. The summed E-state index contributed by atoms with van der Waals surface area (Å²) >= 11 is 0. The van der Waals surface area contributed by atoms with E-state index in [1.165, 1.54) is 11.3 Å². The molecule has 0 radical (unpaired) electrons. The first-order valence-corrected chi connectivity index (χ1v) is 7.47. The number of hydrogen-bond donors (Lipinski definition) is 1. The first-order chi connectivity index (χ1) is 10.2. The van der Waals surface area contributed by atoms with Crippen LogP contribution >= 0.6 is 0 Å². The molecule has 2 aromatic rings. The monoisotopic (exact) mass is 280 g/mol. The van der Waals surface area contributed by atoms with E-state index in [4.69, 9.17) is 5.73 Å². The number of anilines is 2. The molecular weight excluding hydrogens is 260 g/mol. The Bertz CT molecular complexity index is 679. The van der Waals surface area contributed by atoms with Gasteiger partial charge in [0, 0.05) is 35.6 Å². The number of para-hydroxylation sites is 1. The largest absolute Gasteiger partial charge is 0.398 e. The summed E-state index contributed by atoms with van der Waals surface area (Å²) in [5.74, 6) is 0.00419. The van der Waals surface area contributed by atoms with Crippen LogP contribution in [0.1, 0.15) is 34.8 Å². The summed E-state index contributed by atoms with van der Waals surface area (Å²) in [4.78, 5) is 15.0. The summed E-state index contributed by atoms with van der Waals surface area (Å²) in [6.45, 7) is 4.27. The number of carbonyl (C=O) groups excluding carboxylic acids is 1. The van der Waals surface area contributed by atoms with Crippen LogP contribution < -0.4 is 10.6 Å². The molecule has 3 nitrogen and oxygen atoms in total. The van der Waals surface area contributed by atoms with Crippen LogP contribution in [0.15, 0.2) is 42.5 Å². The number of nitrogen functional groups attached to an aromatic ring is 1. The molecule has 0 atom stereocenters. The van der Waals surface area contributed by atoms with Gasteiger partial charge in [-0.2, -0.15) is 0 Å². The summed E-state index contributed by atoms with van der Waals surface area (Å²) in [6.07, 6.45) is 2.18. The zero-order valence-corrected chi connectivity index (χ0v) is 12.3. The highest BCUT2D eigenvalue weighted by atomic mass is 16.1. The van der Waals surface area contributed by atoms with E-state index in [1.54, 1.807) is 12.1 Å². The highest BCUT2D eigenvalue weighted by Crippen LogP contribution is 2.29.